The number of nitrogens with zero attached hydrogens (tertiary/aromatic N) is 2. The normalized spacial score (nSPS) is 17.4. The molecule has 1 heterocycles. The maximum absolute atomic E-state index is 12.9. The average Bonchev–Trinajstić information content (AvgIpc) is 2.66. The summed E-state index contributed by atoms with van der Waals surface area (Å²) in [7, 11) is 0. The predicted molar refractivity (Wildman–Crippen MR) is 95.1 cm³/mol. The van der Waals surface area contributed by atoms with Crippen molar-refractivity contribution in [2.45, 2.75) is 39.2 Å². The van der Waals surface area contributed by atoms with E-state index in [2.05, 4.69) is 12.2 Å². The summed E-state index contributed by atoms with van der Waals surface area (Å²) in [5, 5.41) is 12.1. The van der Waals surface area contributed by atoms with Crippen molar-refractivity contribution in [2.24, 2.45) is 0 Å². The Bertz CT molecular complexity index is 576. The van der Waals surface area contributed by atoms with Crippen LogP contribution in [0, 0.1) is 0 Å². The lowest BCUT2D eigenvalue weighted by Crippen LogP contribution is -2.45. The molecule has 6 nitrogen and oxygen atoms in total. The average molecular weight is 333 g/mol. The summed E-state index contributed by atoms with van der Waals surface area (Å²) in [4.78, 5) is 28.6. The molecule has 6 heteroatoms. The van der Waals surface area contributed by atoms with Crippen LogP contribution in [0.2, 0.25) is 0 Å². The van der Waals surface area contributed by atoms with Gasteiger partial charge in [-0.1, -0.05) is 25.5 Å². The smallest absolute Gasteiger partial charge is 0.241 e. The molecule has 1 aromatic carbocycles. The van der Waals surface area contributed by atoms with E-state index < -0.39 is 0 Å². The van der Waals surface area contributed by atoms with Crippen molar-refractivity contribution in [3.05, 3.63) is 24.3 Å². The third kappa shape index (κ3) is 4.55. The highest BCUT2D eigenvalue weighted by Gasteiger charge is 2.30. The molecule has 1 unspecified atom stereocenters. The van der Waals surface area contributed by atoms with E-state index in [-0.39, 0.29) is 37.4 Å². The van der Waals surface area contributed by atoms with E-state index in [1.165, 1.54) is 0 Å². The summed E-state index contributed by atoms with van der Waals surface area (Å²) in [6.07, 6.45) is 2.30. The van der Waals surface area contributed by atoms with Crippen LogP contribution in [0.5, 0.6) is 0 Å². The first kappa shape index (κ1) is 18.4. The minimum atomic E-state index is -0.205. The van der Waals surface area contributed by atoms with Gasteiger partial charge in [0, 0.05) is 19.0 Å². The maximum Gasteiger partial charge on any atom is 0.241 e. The first-order valence-corrected chi connectivity index (χ1v) is 8.61. The van der Waals surface area contributed by atoms with Crippen LogP contribution in [0.4, 0.5) is 11.4 Å². The van der Waals surface area contributed by atoms with Gasteiger partial charge in [0.2, 0.25) is 11.8 Å². The van der Waals surface area contributed by atoms with E-state index >= 15 is 0 Å². The number of nitrogens with one attached hydrogen (secondary N) is 1. The number of carbonyl (C=O) groups is 2. The number of aliphatic hydroxyl groups excluding tert-OH is 1. The summed E-state index contributed by atoms with van der Waals surface area (Å²) < 4.78 is 0. The highest BCUT2D eigenvalue weighted by Crippen LogP contribution is 2.31. The van der Waals surface area contributed by atoms with Gasteiger partial charge in [0.1, 0.15) is 0 Å². The van der Waals surface area contributed by atoms with E-state index in [1.807, 2.05) is 36.1 Å². The molecule has 24 heavy (non-hydrogen) atoms. The number of benzene rings is 1. The SMILES string of the molecule is CCCCN(CCO)CC(=O)N1c2ccccc2NC(=O)CC1C. The molecule has 1 aliphatic heterocycles. The molecule has 1 aromatic rings. The number of hydrogen-bond donors (Lipinski definition) is 2. The van der Waals surface area contributed by atoms with Crippen molar-refractivity contribution in [3.63, 3.8) is 0 Å². The molecule has 2 amide bonds. The number of fused-ring (bicyclic) bond motifs is 1. The third-order valence-electron chi connectivity index (χ3n) is 4.23. The monoisotopic (exact) mass is 333 g/mol. The Balaban J connectivity index is 2.21. The van der Waals surface area contributed by atoms with Crippen LogP contribution in [-0.4, -0.2) is 54.1 Å². The highest BCUT2D eigenvalue weighted by molar-refractivity contribution is 6.04. The first-order valence-electron chi connectivity index (χ1n) is 8.61. The summed E-state index contributed by atoms with van der Waals surface area (Å²) >= 11 is 0. The molecule has 0 spiro atoms. The molecule has 132 valence electrons. The Kier molecular flexibility index (Phi) is 6.75. The number of unbranched alkanes of at least 4 members (excludes halogenated alkanes) is 1. The minimum absolute atomic E-state index is 0.0309. The third-order valence-corrected chi connectivity index (χ3v) is 4.23. The van der Waals surface area contributed by atoms with Crippen LogP contribution < -0.4 is 10.2 Å². The lowest BCUT2D eigenvalue weighted by atomic mass is 10.1. The van der Waals surface area contributed by atoms with Crippen molar-refractivity contribution >= 4 is 23.2 Å². The van der Waals surface area contributed by atoms with Crippen molar-refractivity contribution in [2.75, 3.05) is 36.5 Å². The van der Waals surface area contributed by atoms with Crippen LogP contribution in [0.25, 0.3) is 0 Å². The molecule has 1 atom stereocenters. The van der Waals surface area contributed by atoms with Crippen molar-refractivity contribution in [1.82, 2.24) is 4.90 Å². The molecule has 0 aromatic heterocycles. The number of hydrogen-bond acceptors (Lipinski definition) is 4. The molecule has 0 radical (unpaired) electrons. The van der Waals surface area contributed by atoms with Crippen LogP contribution >= 0.6 is 0 Å². The Hall–Kier alpha value is -1.92. The first-order chi connectivity index (χ1) is 11.6. The van der Waals surface area contributed by atoms with E-state index in [9.17, 15) is 14.7 Å². The van der Waals surface area contributed by atoms with Crippen molar-refractivity contribution in [1.29, 1.82) is 0 Å². The van der Waals surface area contributed by atoms with Gasteiger partial charge in [-0.15, -0.1) is 0 Å². The van der Waals surface area contributed by atoms with Gasteiger partial charge in [0.15, 0.2) is 0 Å². The molecule has 0 saturated carbocycles. The number of para-hydroxylation sites is 2. The lowest BCUT2D eigenvalue weighted by molar-refractivity contribution is -0.120. The van der Waals surface area contributed by atoms with E-state index in [0.29, 0.717) is 12.2 Å². The molecule has 1 aliphatic rings. The fourth-order valence-electron chi connectivity index (χ4n) is 3.03. The molecule has 2 rings (SSSR count). The van der Waals surface area contributed by atoms with Gasteiger partial charge >= 0.3 is 0 Å². The molecule has 0 saturated heterocycles. The Morgan fingerprint density at radius 2 is 2.12 bits per heavy atom. The summed E-state index contributed by atoms with van der Waals surface area (Å²) in [5.41, 5.74) is 1.41. The van der Waals surface area contributed by atoms with Crippen molar-refractivity contribution in [3.8, 4) is 0 Å². The highest BCUT2D eigenvalue weighted by atomic mass is 16.3. The standard InChI is InChI=1S/C18H27N3O3/c1-3-4-9-20(10-11-22)13-18(24)21-14(2)12-17(23)19-15-7-5-6-8-16(15)21/h5-8,14,22H,3-4,9-13H2,1-2H3,(H,19,23). The summed E-state index contributed by atoms with van der Waals surface area (Å²) in [6.45, 7) is 5.53. The minimum Gasteiger partial charge on any atom is -0.395 e. The quantitative estimate of drug-likeness (QED) is 0.799. The van der Waals surface area contributed by atoms with Crippen molar-refractivity contribution < 1.29 is 14.7 Å². The Labute approximate surface area is 143 Å². The van der Waals surface area contributed by atoms with E-state index in [4.69, 9.17) is 0 Å². The van der Waals surface area contributed by atoms with Crippen LogP contribution in [-0.2, 0) is 9.59 Å². The van der Waals surface area contributed by atoms with Crippen LogP contribution in [0.3, 0.4) is 0 Å². The van der Waals surface area contributed by atoms with E-state index in [1.54, 1.807) is 4.90 Å². The molecular formula is C18H27N3O3. The zero-order valence-corrected chi connectivity index (χ0v) is 14.5. The van der Waals surface area contributed by atoms with Crippen LogP contribution in [0.15, 0.2) is 24.3 Å². The topological polar surface area (TPSA) is 72.9 Å². The molecule has 0 bridgehead atoms. The second kappa shape index (κ2) is 8.80. The molecule has 2 N–H and O–H groups in total. The summed E-state index contributed by atoms with van der Waals surface area (Å²) in [5.74, 6) is -0.126. The van der Waals surface area contributed by atoms with Gasteiger partial charge in [-0.25, -0.2) is 0 Å². The van der Waals surface area contributed by atoms with Crippen LogP contribution in [0.1, 0.15) is 33.1 Å². The zero-order chi connectivity index (χ0) is 17.5. The number of amides is 2. The zero-order valence-electron chi connectivity index (χ0n) is 14.5. The Morgan fingerprint density at radius 1 is 1.38 bits per heavy atom. The number of anilines is 2. The largest absolute Gasteiger partial charge is 0.395 e. The fourth-order valence-corrected chi connectivity index (χ4v) is 3.03. The van der Waals surface area contributed by atoms with Gasteiger partial charge in [-0.05, 0) is 32.0 Å². The Morgan fingerprint density at radius 3 is 2.83 bits per heavy atom. The molecule has 0 fully saturated rings. The lowest BCUT2D eigenvalue weighted by Gasteiger charge is -2.30. The number of rotatable bonds is 7. The number of carbonyl (C=O) groups excluding carboxylic acids is 2. The summed E-state index contributed by atoms with van der Waals surface area (Å²) in [6, 6.07) is 7.18. The molecule has 0 aliphatic carbocycles. The number of aliphatic hydroxyl groups is 1. The maximum atomic E-state index is 12.9. The molecular weight excluding hydrogens is 306 g/mol. The van der Waals surface area contributed by atoms with Gasteiger partial charge in [0.05, 0.1) is 24.5 Å². The van der Waals surface area contributed by atoms with Gasteiger partial charge < -0.3 is 15.3 Å². The van der Waals surface area contributed by atoms with Gasteiger partial charge in [0.25, 0.3) is 0 Å². The second-order valence-corrected chi connectivity index (χ2v) is 6.24. The fraction of sp³-hybridized carbons (Fsp3) is 0.556. The van der Waals surface area contributed by atoms with Gasteiger partial charge in [-0.2, -0.15) is 0 Å². The second-order valence-electron chi connectivity index (χ2n) is 6.24. The van der Waals surface area contributed by atoms with Gasteiger partial charge in [-0.3, -0.25) is 14.5 Å². The predicted octanol–water partition coefficient (Wildman–Crippen LogP) is 1.84. The van der Waals surface area contributed by atoms with E-state index in [0.717, 1.165) is 25.1 Å².